The van der Waals surface area contributed by atoms with Crippen LogP contribution in [0.1, 0.15) is 65.1 Å². The van der Waals surface area contributed by atoms with E-state index >= 15 is 0 Å². The third kappa shape index (κ3) is 5.11. The van der Waals surface area contributed by atoms with Gasteiger partial charge in [0.2, 0.25) is 0 Å². The van der Waals surface area contributed by atoms with Crippen molar-refractivity contribution in [3.05, 3.63) is 52.1 Å². The summed E-state index contributed by atoms with van der Waals surface area (Å²) in [4.78, 5) is 29.5. The van der Waals surface area contributed by atoms with Gasteiger partial charge in [0.15, 0.2) is 5.78 Å². The summed E-state index contributed by atoms with van der Waals surface area (Å²) in [6.07, 6.45) is 0. The van der Waals surface area contributed by atoms with Gasteiger partial charge >= 0.3 is 0 Å². The van der Waals surface area contributed by atoms with Gasteiger partial charge in [-0.25, -0.2) is 0 Å². The molecule has 188 valence electrons. The fourth-order valence-electron chi connectivity index (χ4n) is 4.29. The molecule has 0 bridgehead atoms. The van der Waals surface area contributed by atoms with E-state index < -0.39 is 0 Å². The lowest BCUT2D eigenvalue weighted by Gasteiger charge is -2.27. The summed E-state index contributed by atoms with van der Waals surface area (Å²) < 4.78 is 11.4. The molecule has 0 unspecified atom stereocenters. The SMILES string of the molecule is CCOc1cc2c(cc1C(=O)NC)C(=N)N(CC(=O)c1cc(N(C)C)c(OC)c(C(C)(C)C)c1)C2. The van der Waals surface area contributed by atoms with Gasteiger partial charge in [-0.1, -0.05) is 20.8 Å². The molecule has 0 aromatic heterocycles. The Balaban J connectivity index is 1.95. The first-order valence-corrected chi connectivity index (χ1v) is 11.7. The maximum Gasteiger partial charge on any atom is 0.254 e. The van der Waals surface area contributed by atoms with Gasteiger partial charge in [-0.2, -0.15) is 0 Å². The van der Waals surface area contributed by atoms with Crippen molar-refractivity contribution in [3.8, 4) is 11.5 Å². The molecule has 8 heteroatoms. The third-order valence-corrected chi connectivity index (χ3v) is 6.13. The highest BCUT2D eigenvalue weighted by atomic mass is 16.5. The second-order valence-corrected chi connectivity index (χ2v) is 9.87. The topological polar surface area (TPSA) is 95.0 Å². The number of fused-ring (bicyclic) bond motifs is 1. The van der Waals surface area contributed by atoms with Crippen molar-refractivity contribution < 1.29 is 19.1 Å². The molecule has 1 aliphatic heterocycles. The number of ether oxygens (including phenoxy) is 2. The van der Waals surface area contributed by atoms with Crippen LogP contribution in [0.25, 0.3) is 0 Å². The maximum atomic E-state index is 13.5. The summed E-state index contributed by atoms with van der Waals surface area (Å²) in [6, 6.07) is 7.23. The summed E-state index contributed by atoms with van der Waals surface area (Å²) in [5, 5.41) is 11.3. The number of nitrogens with zero attached hydrogens (tertiary/aromatic N) is 2. The molecular weight excluding hydrogens is 444 g/mol. The van der Waals surface area contributed by atoms with Crippen LogP contribution in [0.3, 0.4) is 0 Å². The van der Waals surface area contributed by atoms with Gasteiger partial charge in [0.25, 0.3) is 5.91 Å². The maximum absolute atomic E-state index is 13.5. The van der Waals surface area contributed by atoms with Crippen LogP contribution in [0.4, 0.5) is 5.69 Å². The molecule has 0 saturated carbocycles. The number of benzene rings is 2. The number of carbonyl (C=O) groups is 2. The second kappa shape index (κ2) is 9.98. The fraction of sp³-hybridized carbons (Fsp3) is 0.444. The van der Waals surface area contributed by atoms with E-state index in [1.807, 2.05) is 38.1 Å². The molecule has 0 aliphatic carbocycles. The quantitative estimate of drug-likeness (QED) is 0.558. The van der Waals surface area contributed by atoms with Crippen molar-refractivity contribution in [2.24, 2.45) is 0 Å². The Kier molecular flexibility index (Phi) is 7.43. The predicted molar refractivity (Wildman–Crippen MR) is 139 cm³/mol. The summed E-state index contributed by atoms with van der Waals surface area (Å²) in [5.74, 6) is 1.09. The van der Waals surface area contributed by atoms with E-state index in [-0.39, 0.29) is 29.5 Å². The number of nitrogens with one attached hydrogen (secondary N) is 2. The van der Waals surface area contributed by atoms with Crippen LogP contribution in [-0.2, 0) is 12.0 Å². The summed E-state index contributed by atoms with van der Waals surface area (Å²) >= 11 is 0. The number of rotatable bonds is 8. The second-order valence-electron chi connectivity index (χ2n) is 9.87. The highest BCUT2D eigenvalue weighted by molar-refractivity contribution is 6.08. The van der Waals surface area contributed by atoms with Crippen molar-refractivity contribution in [1.82, 2.24) is 10.2 Å². The van der Waals surface area contributed by atoms with Crippen LogP contribution in [0, 0.1) is 5.41 Å². The van der Waals surface area contributed by atoms with Crippen molar-refractivity contribution in [3.63, 3.8) is 0 Å². The van der Waals surface area contributed by atoms with E-state index in [1.54, 1.807) is 31.2 Å². The fourth-order valence-corrected chi connectivity index (χ4v) is 4.29. The first-order valence-electron chi connectivity index (χ1n) is 11.7. The molecule has 35 heavy (non-hydrogen) atoms. The molecule has 0 fully saturated rings. The molecule has 0 spiro atoms. The van der Waals surface area contributed by atoms with Crippen molar-refractivity contribution in [2.45, 2.75) is 39.7 Å². The van der Waals surface area contributed by atoms with Crippen LogP contribution in [0.2, 0.25) is 0 Å². The average Bonchev–Trinajstić information content (AvgIpc) is 3.10. The molecule has 1 amide bonds. The number of anilines is 1. The monoisotopic (exact) mass is 480 g/mol. The van der Waals surface area contributed by atoms with E-state index in [0.29, 0.717) is 35.6 Å². The van der Waals surface area contributed by atoms with Crippen molar-refractivity contribution >= 4 is 23.2 Å². The van der Waals surface area contributed by atoms with Crippen molar-refractivity contribution in [1.29, 1.82) is 5.41 Å². The van der Waals surface area contributed by atoms with Crippen molar-refractivity contribution in [2.75, 3.05) is 46.3 Å². The smallest absolute Gasteiger partial charge is 0.254 e. The Morgan fingerprint density at radius 2 is 1.86 bits per heavy atom. The lowest BCUT2D eigenvalue weighted by atomic mass is 9.84. The number of carbonyl (C=O) groups excluding carboxylic acids is 2. The minimum Gasteiger partial charge on any atom is -0.494 e. The lowest BCUT2D eigenvalue weighted by Crippen LogP contribution is -2.30. The predicted octanol–water partition coefficient (Wildman–Crippen LogP) is 3.84. The van der Waals surface area contributed by atoms with E-state index in [9.17, 15) is 9.59 Å². The molecule has 2 N–H and O–H groups in total. The highest BCUT2D eigenvalue weighted by Gasteiger charge is 2.30. The van der Waals surface area contributed by atoms with Crippen LogP contribution >= 0.6 is 0 Å². The zero-order valence-corrected chi connectivity index (χ0v) is 22.0. The summed E-state index contributed by atoms with van der Waals surface area (Å²) in [6.45, 7) is 9.00. The Morgan fingerprint density at radius 1 is 1.17 bits per heavy atom. The average molecular weight is 481 g/mol. The molecule has 0 radical (unpaired) electrons. The molecule has 0 saturated heterocycles. The van der Waals surface area contributed by atoms with Crippen LogP contribution in [-0.4, -0.2) is 63.8 Å². The van der Waals surface area contributed by atoms with Gasteiger partial charge in [0.05, 0.1) is 31.5 Å². The minimum absolute atomic E-state index is 0.0512. The molecular formula is C27H36N4O4. The standard InChI is InChI=1S/C27H36N4O4/c1-9-35-23-12-17-14-31(25(28)18(17)13-19(23)26(33)29-5)15-22(32)16-10-20(27(2,3)4)24(34-8)21(11-16)30(6)7/h10-13,28H,9,14-15H2,1-8H3,(H,29,33). The van der Waals surface area contributed by atoms with Crippen LogP contribution < -0.4 is 19.7 Å². The number of hydrogen-bond donors (Lipinski definition) is 2. The normalized spacial score (nSPS) is 12.9. The molecule has 0 atom stereocenters. The number of methoxy groups -OCH3 is 1. The molecule has 8 nitrogen and oxygen atoms in total. The number of amides is 1. The van der Waals surface area contributed by atoms with Crippen LogP contribution in [0.5, 0.6) is 11.5 Å². The van der Waals surface area contributed by atoms with Gasteiger partial charge in [-0.15, -0.1) is 0 Å². The minimum atomic E-state index is -0.275. The van der Waals surface area contributed by atoms with Crippen LogP contribution in [0.15, 0.2) is 24.3 Å². The zero-order valence-electron chi connectivity index (χ0n) is 22.0. The molecule has 3 rings (SSSR count). The molecule has 2 aromatic rings. The Hall–Kier alpha value is -3.55. The Labute approximate surface area is 207 Å². The number of hydrogen-bond acceptors (Lipinski definition) is 6. The highest BCUT2D eigenvalue weighted by Crippen LogP contribution is 2.40. The first kappa shape index (κ1) is 26.1. The van der Waals surface area contributed by atoms with E-state index in [2.05, 4.69) is 26.1 Å². The molecule has 2 aromatic carbocycles. The molecule has 1 aliphatic rings. The Morgan fingerprint density at radius 3 is 2.40 bits per heavy atom. The number of ketones is 1. The first-order chi connectivity index (χ1) is 16.4. The number of Topliss-reactive ketones (excluding diaryl/α,β-unsaturated/α-hetero) is 1. The van der Waals surface area contributed by atoms with Gasteiger partial charge in [0, 0.05) is 44.4 Å². The van der Waals surface area contributed by atoms with E-state index in [1.165, 1.54) is 0 Å². The van der Waals surface area contributed by atoms with E-state index in [0.717, 1.165) is 22.6 Å². The molecule has 1 heterocycles. The number of amidine groups is 1. The zero-order chi connectivity index (χ0) is 26.1. The van der Waals surface area contributed by atoms with Gasteiger partial charge in [-0.05, 0) is 42.2 Å². The summed E-state index contributed by atoms with van der Waals surface area (Å²) in [5.41, 5.74) is 4.01. The summed E-state index contributed by atoms with van der Waals surface area (Å²) in [7, 11) is 7.05. The van der Waals surface area contributed by atoms with Gasteiger partial charge in [-0.3, -0.25) is 15.0 Å². The van der Waals surface area contributed by atoms with Gasteiger partial charge < -0.3 is 24.6 Å². The third-order valence-electron chi connectivity index (χ3n) is 6.13. The van der Waals surface area contributed by atoms with E-state index in [4.69, 9.17) is 14.9 Å². The Bertz CT molecular complexity index is 1160. The van der Waals surface area contributed by atoms with Gasteiger partial charge in [0.1, 0.15) is 17.3 Å². The largest absolute Gasteiger partial charge is 0.494 e. The lowest BCUT2D eigenvalue weighted by molar-refractivity contribution is 0.0953.